The fourth-order valence-electron chi connectivity index (χ4n) is 1.72. The summed E-state index contributed by atoms with van der Waals surface area (Å²) < 4.78 is 16.5. The van der Waals surface area contributed by atoms with Gasteiger partial charge in [-0.05, 0) is 27.5 Å². The second-order valence-electron chi connectivity index (χ2n) is 3.87. The van der Waals surface area contributed by atoms with Crippen molar-refractivity contribution < 1.29 is 14.2 Å². The normalized spacial score (nSPS) is 10.1. The summed E-state index contributed by atoms with van der Waals surface area (Å²) in [6.45, 7) is 0. The van der Waals surface area contributed by atoms with Gasteiger partial charge in [0.1, 0.15) is 5.82 Å². The molecule has 0 atom stereocenters. The van der Waals surface area contributed by atoms with E-state index in [0.29, 0.717) is 33.2 Å². The van der Waals surface area contributed by atoms with Crippen LogP contribution in [-0.4, -0.2) is 31.3 Å². The zero-order valence-corrected chi connectivity index (χ0v) is 13.9. The average Bonchev–Trinajstić information content (AvgIpc) is 2.49. The van der Waals surface area contributed by atoms with E-state index in [-0.39, 0.29) is 5.28 Å². The van der Waals surface area contributed by atoms with Crippen LogP contribution in [0.25, 0.3) is 0 Å². The van der Waals surface area contributed by atoms with Gasteiger partial charge in [-0.2, -0.15) is 4.98 Å². The Bertz CT molecular complexity index is 630. The van der Waals surface area contributed by atoms with Crippen LogP contribution < -0.4 is 19.5 Å². The molecule has 6 nitrogen and oxygen atoms in total. The van der Waals surface area contributed by atoms with E-state index in [2.05, 4.69) is 31.2 Å². The molecule has 0 amide bonds. The van der Waals surface area contributed by atoms with Gasteiger partial charge in [-0.15, -0.1) is 0 Å². The Morgan fingerprint density at radius 2 is 1.71 bits per heavy atom. The van der Waals surface area contributed by atoms with Gasteiger partial charge in [0.25, 0.3) is 0 Å². The van der Waals surface area contributed by atoms with E-state index >= 15 is 0 Å². The van der Waals surface area contributed by atoms with Crippen molar-refractivity contribution in [2.24, 2.45) is 0 Å². The minimum atomic E-state index is 0.146. The van der Waals surface area contributed by atoms with Gasteiger partial charge >= 0.3 is 0 Å². The number of benzene rings is 1. The molecule has 0 radical (unpaired) electrons. The van der Waals surface area contributed by atoms with Gasteiger partial charge in [-0.25, -0.2) is 4.98 Å². The zero-order chi connectivity index (χ0) is 15.4. The van der Waals surface area contributed by atoms with Gasteiger partial charge in [-0.1, -0.05) is 0 Å². The van der Waals surface area contributed by atoms with Crippen LogP contribution >= 0.6 is 27.5 Å². The molecule has 0 aliphatic rings. The van der Waals surface area contributed by atoms with Gasteiger partial charge < -0.3 is 19.5 Å². The molecule has 1 aromatic carbocycles. The minimum Gasteiger partial charge on any atom is -0.493 e. The highest BCUT2D eigenvalue weighted by molar-refractivity contribution is 9.10. The first-order valence-corrected chi connectivity index (χ1v) is 7.01. The number of aromatic nitrogens is 2. The molecule has 1 aromatic heterocycles. The van der Waals surface area contributed by atoms with E-state index in [1.807, 2.05) is 0 Å². The number of ether oxygens (including phenoxy) is 3. The third-order valence-corrected chi connectivity index (χ3v) is 3.40. The minimum absolute atomic E-state index is 0.146. The predicted molar refractivity (Wildman–Crippen MR) is 84.1 cm³/mol. The molecule has 2 aromatic rings. The summed E-state index contributed by atoms with van der Waals surface area (Å²) in [6, 6.07) is 3.54. The molecule has 0 aliphatic heterocycles. The maximum Gasteiger partial charge on any atom is 0.224 e. The molecular weight excluding hydrogens is 362 g/mol. The summed E-state index contributed by atoms with van der Waals surface area (Å²) in [5.74, 6) is 2.13. The van der Waals surface area contributed by atoms with Crippen LogP contribution in [0.4, 0.5) is 11.5 Å². The summed E-state index contributed by atoms with van der Waals surface area (Å²) in [6.07, 6.45) is 1.57. The Balaban J connectivity index is 2.42. The van der Waals surface area contributed by atoms with Crippen molar-refractivity contribution in [1.82, 2.24) is 9.97 Å². The van der Waals surface area contributed by atoms with Crippen LogP contribution in [0.2, 0.25) is 5.28 Å². The number of hydrogen-bond acceptors (Lipinski definition) is 6. The van der Waals surface area contributed by atoms with Crippen molar-refractivity contribution in [3.8, 4) is 17.2 Å². The molecule has 8 heteroatoms. The number of hydrogen-bond donors (Lipinski definition) is 1. The first-order valence-electron chi connectivity index (χ1n) is 5.84. The lowest BCUT2D eigenvalue weighted by Crippen LogP contribution is -2.00. The number of nitrogens with zero attached hydrogens (tertiary/aromatic N) is 2. The summed E-state index contributed by atoms with van der Waals surface area (Å²) in [5, 5.41) is 3.26. The van der Waals surface area contributed by atoms with Crippen molar-refractivity contribution in [2.45, 2.75) is 0 Å². The molecule has 0 saturated carbocycles. The smallest absolute Gasteiger partial charge is 0.224 e. The van der Waals surface area contributed by atoms with E-state index in [1.54, 1.807) is 39.7 Å². The van der Waals surface area contributed by atoms with Gasteiger partial charge in [-0.3, -0.25) is 0 Å². The molecule has 1 heterocycles. The lowest BCUT2D eigenvalue weighted by Gasteiger charge is -2.15. The number of halogens is 2. The summed E-state index contributed by atoms with van der Waals surface area (Å²) in [5.41, 5.74) is 0.708. The van der Waals surface area contributed by atoms with Gasteiger partial charge in [0.15, 0.2) is 11.5 Å². The SMILES string of the molecule is COc1cc(Nc2nc(Cl)ncc2Br)cc(OC)c1OC. The van der Waals surface area contributed by atoms with E-state index in [1.165, 1.54) is 0 Å². The van der Waals surface area contributed by atoms with E-state index in [0.717, 1.165) is 0 Å². The third-order valence-electron chi connectivity index (χ3n) is 2.64. The van der Waals surface area contributed by atoms with Crippen LogP contribution in [0.1, 0.15) is 0 Å². The molecule has 0 fully saturated rings. The highest BCUT2D eigenvalue weighted by Gasteiger charge is 2.14. The van der Waals surface area contributed by atoms with Crippen LogP contribution in [0, 0.1) is 0 Å². The predicted octanol–water partition coefficient (Wildman–Crippen LogP) is 3.66. The molecule has 0 bridgehead atoms. The maximum absolute atomic E-state index is 5.80. The second-order valence-corrected chi connectivity index (χ2v) is 5.07. The van der Waals surface area contributed by atoms with Crippen LogP contribution in [0.5, 0.6) is 17.2 Å². The molecule has 0 unspecified atom stereocenters. The number of rotatable bonds is 5. The summed E-state index contributed by atoms with van der Waals surface area (Å²) in [7, 11) is 4.66. The Morgan fingerprint density at radius 1 is 1.10 bits per heavy atom. The Hall–Kier alpha value is -1.73. The van der Waals surface area contributed by atoms with Gasteiger partial charge in [0, 0.05) is 24.0 Å². The van der Waals surface area contributed by atoms with E-state index in [9.17, 15) is 0 Å². The zero-order valence-electron chi connectivity index (χ0n) is 11.6. The molecule has 21 heavy (non-hydrogen) atoms. The highest BCUT2D eigenvalue weighted by Crippen LogP contribution is 2.40. The Morgan fingerprint density at radius 3 is 2.24 bits per heavy atom. The first-order chi connectivity index (χ1) is 10.1. The monoisotopic (exact) mass is 373 g/mol. The topological polar surface area (TPSA) is 65.5 Å². The molecule has 2 rings (SSSR count). The number of nitrogens with one attached hydrogen (secondary N) is 1. The average molecular weight is 375 g/mol. The van der Waals surface area contributed by atoms with Gasteiger partial charge in [0.2, 0.25) is 11.0 Å². The number of methoxy groups -OCH3 is 3. The van der Waals surface area contributed by atoms with Crippen molar-refractivity contribution in [3.05, 3.63) is 28.1 Å². The fourth-order valence-corrected chi connectivity index (χ4v) is 2.15. The number of anilines is 2. The Kier molecular flexibility index (Phi) is 5.08. The van der Waals surface area contributed by atoms with Crippen molar-refractivity contribution in [3.63, 3.8) is 0 Å². The van der Waals surface area contributed by atoms with E-state index in [4.69, 9.17) is 25.8 Å². The summed E-state index contributed by atoms with van der Waals surface area (Å²) in [4.78, 5) is 7.98. The largest absolute Gasteiger partial charge is 0.493 e. The van der Waals surface area contributed by atoms with Crippen LogP contribution in [-0.2, 0) is 0 Å². The van der Waals surface area contributed by atoms with Crippen LogP contribution in [0.15, 0.2) is 22.8 Å². The maximum atomic E-state index is 5.80. The van der Waals surface area contributed by atoms with E-state index < -0.39 is 0 Å². The Labute approximate surface area is 135 Å². The second kappa shape index (κ2) is 6.82. The van der Waals surface area contributed by atoms with Crippen molar-refractivity contribution >= 4 is 39.0 Å². The van der Waals surface area contributed by atoms with Crippen LogP contribution in [0.3, 0.4) is 0 Å². The molecule has 1 N–H and O–H groups in total. The quantitative estimate of drug-likeness (QED) is 0.806. The third kappa shape index (κ3) is 3.48. The highest BCUT2D eigenvalue weighted by atomic mass is 79.9. The molecule has 0 saturated heterocycles. The van der Waals surface area contributed by atoms with Gasteiger partial charge in [0.05, 0.1) is 25.8 Å². The van der Waals surface area contributed by atoms with Crippen molar-refractivity contribution in [2.75, 3.05) is 26.6 Å². The molecular formula is C13H13BrClN3O3. The molecule has 112 valence electrons. The molecule has 0 spiro atoms. The first kappa shape index (κ1) is 15.7. The lowest BCUT2D eigenvalue weighted by molar-refractivity contribution is 0.324. The standard InChI is InChI=1S/C13H13BrClN3O3/c1-19-9-4-7(5-10(20-2)11(9)21-3)17-12-8(14)6-16-13(15)18-12/h4-6H,1-3H3,(H,16,17,18). The molecule has 0 aliphatic carbocycles. The summed E-state index contributed by atoms with van der Waals surface area (Å²) >= 11 is 9.15. The van der Waals surface area contributed by atoms with Crippen molar-refractivity contribution in [1.29, 1.82) is 0 Å². The lowest BCUT2D eigenvalue weighted by atomic mass is 10.2. The fraction of sp³-hybridized carbons (Fsp3) is 0.231.